The number of hydrogen-bond donors (Lipinski definition) is 1. The van der Waals surface area contributed by atoms with Crippen LogP contribution in [0.1, 0.15) is 11.1 Å². The number of anilines is 2. The number of alkyl halides is 3. The van der Waals surface area contributed by atoms with Crippen LogP contribution in [0.2, 0.25) is 0 Å². The van der Waals surface area contributed by atoms with Crippen LogP contribution in [-0.2, 0) is 16.0 Å². The molecule has 1 aliphatic rings. The molecule has 0 radical (unpaired) electrons. The minimum absolute atomic E-state index is 0.00743. The van der Waals surface area contributed by atoms with E-state index in [1.54, 1.807) is 12.1 Å². The predicted octanol–water partition coefficient (Wildman–Crippen LogP) is 4.21. The molecule has 0 spiro atoms. The third-order valence-corrected chi connectivity index (χ3v) is 4.78. The third kappa shape index (κ3) is 2.48. The van der Waals surface area contributed by atoms with Gasteiger partial charge >= 0.3 is 6.18 Å². The lowest BCUT2D eigenvalue weighted by molar-refractivity contribution is -0.136. The number of para-hydroxylation sites is 1. The van der Waals surface area contributed by atoms with Gasteiger partial charge in [0.15, 0.2) is 0 Å². The first kappa shape index (κ1) is 14.6. The summed E-state index contributed by atoms with van der Waals surface area (Å²) in [5.74, 6) is 0. The molecule has 0 bridgehead atoms. The zero-order valence-electron chi connectivity index (χ0n) is 11.1. The quantitative estimate of drug-likeness (QED) is 0.900. The van der Waals surface area contributed by atoms with E-state index in [1.807, 2.05) is 0 Å². The lowest BCUT2D eigenvalue weighted by Crippen LogP contribution is -2.09. The Bertz CT molecular complexity index is 871. The van der Waals surface area contributed by atoms with Gasteiger partial charge in [0.1, 0.15) is 4.90 Å². The molecule has 0 aliphatic carbocycles. The van der Waals surface area contributed by atoms with E-state index in [-0.39, 0.29) is 16.3 Å². The maximum absolute atomic E-state index is 13.0. The average Bonchev–Trinajstić information content (AvgIpc) is 2.75. The lowest BCUT2D eigenvalue weighted by Gasteiger charge is -2.16. The third-order valence-electron chi connectivity index (χ3n) is 3.26. The molecule has 0 aromatic heterocycles. The molecule has 3 rings (SSSR count). The topological polar surface area (TPSA) is 46.2 Å². The van der Waals surface area contributed by atoms with Crippen molar-refractivity contribution in [1.82, 2.24) is 0 Å². The molecule has 1 heterocycles. The second-order valence-corrected chi connectivity index (χ2v) is 6.51. The minimum atomic E-state index is -4.53. The van der Waals surface area contributed by atoms with Crippen molar-refractivity contribution < 1.29 is 21.6 Å². The van der Waals surface area contributed by atoms with E-state index < -0.39 is 21.6 Å². The molecule has 0 saturated heterocycles. The van der Waals surface area contributed by atoms with Gasteiger partial charge in [0, 0.05) is 5.41 Å². The van der Waals surface area contributed by atoms with Crippen LogP contribution in [0.15, 0.2) is 52.8 Å². The van der Waals surface area contributed by atoms with Crippen LogP contribution in [0, 0.1) is 0 Å². The van der Waals surface area contributed by atoms with Crippen molar-refractivity contribution in [3.05, 3.63) is 59.0 Å². The van der Waals surface area contributed by atoms with Crippen molar-refractivity contribution in [2.45, 2.75) is 11.1 Å². The van der Waals surface area contributed by atoms with Gasteiger partial charge in [-0.3, -0.25) is 0 Å². The summed E-state index contributed by atoms with van der Waals surface area (Å²) >= 11 is 0. The lowest BCUT2D eigenvalue weighted by atomic mass is 10.1. The van der Waals surface area contributed by atoms with Gasteiger partial charge in [-0.1, -0.05) is 24.3 Å². The van der Waals surface area contributed by atoms with Gasteiger partial charge in [-0.15, -0.1) is 0 Å². The van der Waals surface area contributed by atoms with Gasteiger partial charge in [-0.2, -0.15) is 13.2 Å². The summed E-state index contributed by atoms with van der Waals surface area (Å²) in [7, 11) is -3.63. The maximum atomic E-state index is 13.0. The number of sulfone groups is 1. The molecule has 1 N–H and O–H groups in total. The van der Waals surface area contributed by atoms with Crippen molar-refractivity contribution in [2.24, 2.45) is 0 Å². The maximum Gasteiger partial charge on any atom is 0.418 e. The van der Waals surface area contributed by atoms with E-state index in [0.717, 1.165) is 11.5 Å². The van der Waals surface area contributed by atoms with Gasteiger partial charge in [0.25, 0.3) is 0 Å². The van der Waals surface area contributed by atoms with E-state index in [4.69, 9.17) is 0 Å². The van der Waals surface area contributed by atoms with E-state index in [1.165, 1.54) is 30.3 Å². The Kier molecular flexibility index (Phi) is 3.25. The predicted molar refractivity (Wildman–Crippen MR) is 77.4 cm³/mol. The number of rotatable bonds is 2. The van der Waals surface area contributed by atoms with Crippen molar-refractivity contribution in [3.8, 4) is 0 Å². The Balaban J connectivity index is 2.10. The Hall–Kier alpha value is -2.28. The number of benzene rings is 2. The van der Waals surface area contributed by atoms with Crippen LogP contribution in [0.25, 0.3) is 6.08 Å². The molecule has 114 valence electrons. The Labute approximate surface area is 125 Å². The zero-order chi connectivity index (χ0) is 16.0. The molecule has 1 aliphatic heterocycles. The highest BCUT2D eigenvalue weighted by Gasteiger charge is 2.34. The second kappa shape index (κ2) is 4.88. The molecule has 0 saturated carbocycles. The summed E-state index contributed by atoms with van der Waals surface area (Å²) < 4.78 is 63.0. The van der Waals surface area contributed by atoms with Crippen LogP contribution >= 0.6 is 0 Å². The fourth-order valence-electron chi connectivity index (χ4n) is 2.32. The van der Waals surface area contributed by atoms with E-state index in [0.29, 0.717) is 5.56 Å². The minimum Gasteiger partial charge on any atom is -0.354 e. The van der Waals surface area contributed by atoms with E-state index >= 15 is 0 Å². The summed E-state index contributed by atoms with van der Waals surface area (Å²) in [6.45, 7) is 0. The van der Waals surface area contributed by atoms with Crippen LogP contribution in [0.3, 0.4) is 0 Å². The first-order valence-corrected chi connectivity index (χ1v) is 7.83. The van der Waals surface area contributed by atoms with Gasteiger partial charge in [-0.05, 0) is 29.8 Å². The summed E-state index contributed by atoms with van der Waals surface area (Å²) in [4.78, 5) is -0.00743. The van der Waals surface area contributed by atoms with Crippen LogP contribution in [0.5, 0.6) is 0 Å². The second-order valence-electron chi connectivity index (χ2n) is 4.74. The molecule has 3 nitrogen and oxygen atoms in total. The monoisotopic (exact) mass is 325 g/mol. The van der Waals surface area contributed by atoms with Crippen molar-refractivity contribution >= 4 is 27.3 Å². The smallest absolute Gasteiger partial charge is 0.354 e. The molecular formula is C15H10F3NO2S. The first-order valence-electron chi connectivity index (χ1n) is 6.28. The number of fused-ring (bicyclic) bond motifs is 1. The fraction of sp³-hybridized carbons (Fsp3) is 0.0667. The van der Waals surface area contributed by atoms with Crippen molar-refractivity contribution in [3.63, 3.8) is 0 Å². The number of nitrogens with one attached hydrogen (secondary N) is 1. The summed E-state index contributed by atoms with van der Waals surface area (Å²) in [5, 5.41) is 3.64. The summed E-state index contributed by atoms with van der Waals surface area (Å²) in [6, 6.07) is 9.56. The number of halogens is 3. The highest BCUT2D eigenvalue weighted by Crippen LogP contribution is 2.39. The Morgan fingerprint density at radius 2 is 1.59 bits per heavy atom. The largest absolute Gasteiger partial charge is 0.418 e. The zero-order valence-corrected chi connectivity index (χ0v) is 11.9. The first-order chi connectivity index (χ1) is 10.3. The number of hydrogen-bond acceptors (Lipinski definition) is 3. The molecule has 22 heavy (non-hydrogen) atoms. The van der Waals surface area contributed by atoms with Gasteiger partial charge < -0.3 is 5.32 Å². The van der Waals surface area contributed by atoms with Crippen molar-refractivity contribution in [2.75, 3.05) is 5.32 Å². The van der Waals surface area contributed by atoms with Crippen LogP contribution in [-0.4, -0.2) is 8.42 Å². The molecule has 0 atom stereocenters. The standard InChI is InChI=1S/C15H10F3NO2S/c16-15(17,18)11-5-1-2-6-12(11)19-13-7-3-4-10-8-9-22(20,21)14(10)13/h1-9,19H. The van der Waals surface area contributed by atoms with Gasteiger partial charge in [-0.25, -0.2) is 8.42 Å². The Morgan fingerprint density at radius 1 is 0.909 bits per heavy atom. The normalized spacial score (nSPS) is 15.6. The van der Waals surface area contributed by atoms with Gasteiger partial charge in [0.2, 0.25) is 9.84 Å². The van der Waals surface area contributed by atoms with Gasteiger partial charge in [0.05, 0.1) is 16.9 Å². The SMILES string of the molecule is O=S1(=O)C=Cc2cccc(Nc3ccccc3C(F)(F)F)c21. The molecule has 2 aromatic carbocycles. The molecule has 0 fully saturated rings. The fourth-order valence-corrected chi connectivity index (χ4v) is 3.67. The van der Waals surface area contributed by atoms with Crippen molar-refractivity contribution in [1.29, 1.82) is 0 Å². The molecular weight excluding hydrogens is 315 g/mol. The molecule has 0 amide bonds. The molecule has 2 aromatic rings. The Morgan fingerprint density at radius 3 is 2.32 bits per heavy atom. The summed E-state index contributed by atoms with van der Waals surface area (Å²) in [5.41, 5.74) is -0.463. The molecule has 0 unspecified atom stereocenters. The highest BCUT2D eigenvalue weighted by atomic mass is 32.2. The molecule has 7 heteroatoms. The van der Waals surface area contributed by atoms with Crippen LogP contribution < -0.4 is 5.32 Å². The van der Waals surface area contributed by atoms with Crippen LogP contribution in [0.4, 0.5) is 24.5 Å². The highest BCUT2D eigenvalue weighted by molar-refractivity contribution is 7.95. The average molecular weight is 325 g/mol. The van der Waals surface area contributed by atoms with E-state index in [2.05, 4.69) is 5.32 Å². The summed E-state index contributed by atoms with van der Waals surface area (Å²) in [6.07, 6.45) is -3.11. The van der Waals surface area contributed by atoms with E-state index in [9.17, 15) is 21.6 Å².